The summed E-state index contributed by atoms with van der Waals surface area (Å²) < 4.78 is 5.11. The second-order valence-corrected chi connectivity index (χ2v) is 7.77. The molecule has 0 aliphatic carbocycles. The number of piperidine rings is 2. The van der Waals surface area contributed by atoms with Crippen LogP contribution in [0.25, 0.3) is 0 Å². The number of aromatic amines is 1. The van der Waals surface area contributed by atoms with Gasteiger partial charge in [0, 0.05) is 57.0 Å². The molecule has 8 nitrogen and oxygen atoms in total. The van der Waals surface area contributed by atoms with Crippen LogP contribution in [-0.4, -0.2) is 62.9 Å². The van der Waals surface area contributed by atoms with Crippen LogP contribution in [0.2, 0.25) is 0 Å². The fourth-order valence-electron chi connectivity index (χ4n) is 4.20. The lowest BCUT2D eigenvalue weighted by Gasteiger charge is -2.47. The molecule has 2 saturated heterocycles. The summed E-state index contributed by atoms with van der Waals surface area (Å²) in [4.78, 5) is 35.9. The molecule has 2 amide bonds. The molecule has 2 fully saturated rings. The minimum absolute atomic E-state index is 0.0894. The molecule has 2 aliphatic heterocycles. The number of aromatic nitrogens is 3. The zero-order valence-electron chi connectivity index (χ0n) is 15.6. The summed E-state index contributed by atoms with van der Waals surface area (Å²) in [5.74, 6) is 0.452. The van der Waals surface area contributed by atoms with Gasteiger partial charge in [-0.2, -0.15) is 0 Å². The first-order valence-corrected chi connectivity index (χ1v) is 9.52. The quantitative estimate of drug-likeness (QED) is 0.884. The Morgan fingerprint density at radius 2 is 2.15 bits per heavy atom. The number of likely N-dealkylation sites (tertiary alicyclic amines) is 2. The number of H-pyrrole nitrogens is 1. The van der Waals surface area contributed by atoms with Gasteiger partial charge in [0.05, 0.1) is 12.0 Å². The average molecular weight is 371 g/mol. The number of carbonyl (C=O) groups is 2. The van der Waals surface area contributed by atoms with Crippen LogP contribution in [0.4, 0.5) is 0 Å². The summed E-state index contributed by atoms with van der Waals surface area (Å²) in [7, 11) is 0. The predicted octanol–water partition coefficient (Wildman–Crippen LogP) is 1.79. The molecule has 0 radical (unpaired) electrons. The molecule has 1 spiro atoms. The molecule has 0 saturated carbocycles. The molecular formula is C19H25N5O3. The fraction of sp³-hybridized carbons (Fsp3) is 0.579. The molecule has 4 heterocycles. The standard InChI is InChI=1S/C19H25N5O3/c1-14-10-16(27-22-14)18(26)23-8-5-19(6-9-23)4-2-17(25)24(12-19)7-3-15-11-20-13-21-15/h10-11,13H,2-9,12H2,1H3,(H,20,21). The van der Waals surface area contributed by atoms with Crippen molar-refractivity contribution in [3.63, 3.8) is 0 Å². The highest BCUT2D eigenvalue weighted by atomic mass is 16.5. The van der Waals surface area contributed by atoms with Crippen molar-refractivity contribution >= 4 is 11.8 Å². The van der Waals surface area contributed by atoms with E-state index in [0.29, 0.717) is 37.5 Å². The minimum atomic E-state index is -0.0894. The minimum Gasteiger partial charge on any atom is -0.351 e. The van der Waals surface area contributed by atoms with Gasteiger partial charge in [0.25, 0.3) is 5.91 Å². The van der Waals surface area contributed by atoms with Crippen LogP contribution in [0.3, 0.4) is 0 Å². The molecule has 27 heavy (non-hydrogen) atoms. The van der Waals surface area contributed by atoms with Crippen LogP contribution in [0, 0.1) is 12.3 Å². The van der Waals surface area contributed by atoms with Crippen molar-refractivity contribution in [1.29, 1.82) is 0 Å². The molecule has 4 rings (SSSR count). The number of carbonyl (C=O) groups excluding carboxylic acids is 2. The zero-order valence-corrected chi connectivity index (χ0v) is 15.6. The van der Waals surface area contributed by atoms with Crippen molar-refractivity contribution < 1.29 is 14.1 Å². The van der Waals surface area contributed by atoms with Crippen LogP contribution in [0.5, 0.6) is 0 Å². The molecular weight excluding hydrogens is 346 g/mol. The number of hydrogen-bond acceptors (Lipinski definition) is 5. The number of amides is 2. The van der Waals surface area contributed by atoms with Crippen molar-refractivity contribution in [2.75, 3.05) is 26.2 Å². The molecule has 2 aliphatic rings. The highest BCUT2D eigenvalue weighted by Crippen LogP contribution is 2.40. The van der Waals surface area contributed by atoms with Gasteiger partial charge in [-0.05, 0) is 31.6 Å². The normalized spacial score (nSPS) is 19.7. The van der Waals surface area contributed by atoms with E-state index in [4.69, 9.17) is 4.52 Å². The summed E-state index contributed by atoms with van der Waals surface area (Å²) in [6, 6.07) is 1.68. The van der Waals surface area contributed by atoms with Gasteiger partial charge in [-0.25, -0.2) is 4.98 Å². The largest absolute Gasteiger partial charge is 0.351 e. The van der Waals surface area contributed by atoms with Gasteiger partial charge < -0.3 is 19.3 Å². The van der Waals surface area contributed by atoms with E-state index in [2.05, 4.69) is 15.1 Å². The Hall–Kier alpha value is -2.64. The number of hydrogen-bond donors (Lipinski definition) is 1. The summed E-state index contributed by atoms with van der Waals surface area (Å²) in [6.07, 6.45) is 7.60. The Bertz CT molecular complexity index is 805. The maximum atomic E-state index is 12.6. The van der Waals surface area contributed by atoms with E-state index < -0.39 is 0 Å². The highest BCUT2D eigenvalue weighted by molar-refractivity contribution is 5.91. The zero-order chi connectivity index (χ0) is 18.9. The average Bonchev–Trinajstić information content (AvgIpc) is 3.34. The molecule has 0 aromatic carbocycles. The van der Waals surface area contributed by atoms with Gasteiger partial charge in [0.2, 0.25) is 11.7 Å². The van der Waals surface area contributed by atoms with Crippen molar-refractivity contribution in [2.24, 2.45) is 5.41 Å². The Balaban J connectivity index is 1.35. The molecule has 8 heteroatoms. The van der Waals surface area contributed by atoms with Crippen LogP contribution >= 0.6 is 0 Å². The van der Waals surface area contributed by atoms with E-state index in [9.17, 15) is 9.59 Å². The summed E-state index contributed by atoms with van der Waals surface area (Å²) in [6.45, 7) is 4.69. The Morgan fingerprint density at radius 1 is 1.33 bits per heavy atom. The van der Waals surface area contributed by atoms with Gasteiger partial charge in [0.15, 0.2) is 0 Å². The Morgan fingerprint density at radius 3 is 2.81 bits per heavy atom. The van der Waals surface area contributed by atoms with Crippen molar-refractivity contribution in [1.82, 2.24) is 24.9 Å². The van der Waals surface area contributed by atoms with Crippen molar-refractivity contribution in [3.05, 3.63) is 35.7 Å². The molecule has 0 unspecified atom stereocenters. The third-order valence-electron chi connectivity index (χ3n) is 5.90. The smallest absolute Gasteiger partial charge is 0.292 e. The number of imidazole rings is 1. The fourth-order valence-corrected chi connectivity index (χ4v) is 4.20. The number of rotatable bonds is 4. The van der Waals surface area contributed by atoms with Gasteiger partial charge in [-0.3, -0.25) is 9.59 Å². The summed E-state index contributed by atoms with van der Waals surface area (Å²) in [5.41, 5.74) is 1.88. The second-order valence-electron chi connectivity index (χ2n) is 7.77. The van der Waals surface area contributed by atoms with E-state index in [1.54, 1.807) is 18.6 Å². The van der Waals surface area contributed by atoms with Gasteiger partial charge in [0.1, 0.15) is 0 Å². The number of nitrogens with zero attached hydrogens (tertiary/aromatic N) is 4. The van der Waals surface area contributed by atoms with Crippen LogP contribution in [-0.2, 0) is 11.2 Å². The van der Waals surface area contributed by atoms with Crippen molar-refractivity contribution in [2.45, 2.75) is 39.0 Å². The molecule has 144 valence electrons. The molecule has 1 N–H and O–H groups in total. The maximum absolute atomic E-state index is 12.6. The monoisotopic (exact) mass is 371 g/mol. The van der Waals surface area contributed by atoms with E-state index in [1.807, 2.05) is 16.7 Å². The highest BCUT2D eigenvalue weighted by Gasteiger charge is 2.42. The Labute approximate surface area is 157 Å². The first-order valence-electron chi connectivity index (χ1n) is 9.52. The van der Waals surface area contributed by atoms with Crippen molar-refractivity contribution in [3.8, 4) is 0 Å². The maximum Gasteiger partial charge on any atom is 0.292 e. The lowest BCUT2D eigenvalue weighted by Crippen LogP contribution is -2.52. The van der Waals surface area contributed by atoms with E-state index >= 15 is 0 Å². The topological polar surface area (TPSA) is 95.3 Å². The van der Waals surface area contributed by atoms with E-state index in [0.717, 1.165) is 37.9 Å². The molecule has 0 bridgehead atoms. The van der Waals surface area contributed by atoms with Crippen LogP contribution in [0.1, 0.15) is 47.6 Å². The second kappa shape index (κ2) is 7.17. The van der Waals surface area contributed by atoms with E-state index in [-0.39, 0.29) is 17.2 Å². The number of nitrogens with one attached hydrogen (secondary N) is 1. The SMILES string of the molecule is Cc1cc(C(=O)N2CCC3(CCC(=O)N(CCc4cnc[nH]4)C3)CC2)on1. The third-order valence-corrected chi connectivity index (χ3v) is 5.90. The molecule has 0 atom stereocenters. The first-order chi connectivity index (χ1) is 13.0. The van der Waals surface area contributed by atoms with Gasteiger partial charge in [-0.15, -0.1) is 0 Å². The number of aryl methyl sites for hydroxylation is 1. The van der Waals surface area contributed by atoms with Gasteiger partial charge in [-0.1, -0.05) is 5.16 Å². The van der Waals surface area contributed by atoms with E-state index in [1.165, 1.54) is 0 Å². The lowest BCUT2D eigenvalue weighted by atomic mass is 9.72. The van der Waals surface area contributed by atoms with Crippen LogP contribution < -0.4 is 0 Å². The van der Waals surface area contributed by atoms with Gasteiger partial charge >= 0.3 is 0 Å². The Kier molecular flexibility index (Phi) is 4.72. The lowest BCUT2D eigenvalue weighted by molar-refractivity contribution is -0.138. The summed E-state index contributed by atoms with van der Waals surface area (Å²) >= 11 is 0. The first kappa shape index (κ1) is 17.8. The van der Waals surface area contributed by atoms with Crippen LogP contribution in [0.15, 0.2) is 23.1 Å². The molecule has 2 aromatic heterocycles. The summed E-state index contributed by atoms with van der Waals surface area (Å²) in [5, 5.41) is 3.80. The molecule has 2 aromatic rings. The third kappa shape index (κ3) is 3.74. The predicted molar refractivity (Wildman–Crippen MR) is 96.9 cm³/mol.